The number of carbonyl (C=O) groups is 8. The van der Waals surface area contributed by atoms with Gasteiger partial charge in [-0.05, 0) is 19.4 Å². The Morgan fingerprint density at radius 2 is 1.28 bits per heavy atom. The van der Waals surface area contributed by atoms with Gasteiger partial charge in [-0.15, -0.1) is 0 Å². The molecule has 272 valence electrons. The Hall–Kier alpha value is -5.89. The van der Waals surface area contributed by atoms with Crippen LogP contribution in [-0.2, 0) is 51.2 Å². The summed E-state index contributed by atoms with van der Waals surface area (Å²) in [5.41, 5.74) is 11.6. The predicted molar refractivity (Wildman–Crippen MR) is 171 cm³/mol. The predicted octanol–water partition coefficient (Wildman–Crippen LogP) is -4.22. The molecular weight excluding hydrogens is 662 g/mol. The second-order valence-electron chi connectivity index (χ2n) is 11.3. The molecule has 7 atom stereocenters. The normalized spacial score (nSPS) is 15.0. The molecule has 2 rings (SSSR count). The minimum absolute atomic E-state index is 0.178. The number of rotatable bonds is 20. The molecule has 20 nitrogen and oxygen atoms in total. The average molecular weight is 704 g/mol. The molecule has 0 aliphatic carbocycles. The highest BCUT2D eigenvalue weighted by Gasteiger charge is 2.35. The first kappa shape index (κ1) is 40.3. The summed E-state index contributed by atoms with van der Waals surface area (Å²) < 4.78 is 0. The fourth-order valence-corrected chi connectivity index (χ4v) is 4.44. The Kier molecular flexibility index (Phi) is 15.5. The van der Waals surface area contributed by atoms with Gasteiger partial charge in [-0.1, -0.05) is 30.3 Å². The molecule has 6 amide bonds. The summed E-state index contributed by atoms with van der Waals surface area (Å²) in [6.45, 7) is 2.48. The van der Waals surface area contributed by atoms with E-state index in [4.69, 9.17) is 16.6 Å². The van der Waals surface area contributed by atoms with E-state index in [9.17, 15) is 48.6 Å². The Morgan fingerprint density at radius 1 is 0.740 bits per heavy atom. The van der Waals surface area contributed by atoms with Gasteiger partial charge in [0.25, 0.3) is 0 Å². The van der Waals surface area contributed by atoms with Crippen LogP contribution in [0.1, 0.15) is 37.9 Å². The third-order valence-corrected chi connectivity index (χ3v) is 7.04. The number of aliphatic hydroxyl groups is 1. The highest BCUT2D eigenvalue weighted by atomic mass is 16.4. The van der Waals surface area contributed by atoms with Crippen molar-refractivity contribution in [2.24, 2.45) is 11.5 Å². The number of amides is 6. The highest BCUT2D eigenvalue weighted by molar-refractivity contribution is 5.98. The zero-order valence-electron chi connectivity index (χ0n) is 27.1. The Bertz CT molecular complexity index is 1520. The van der Waals surface area contributed by atoms with Gasteiger partial charge < -0.3 is 58.4 Å². The number of hydrogen-bond acceptors (Lipinski definition) is 11. The van der Waals surface area contributed by atoms with Crippen molar-refractivity contribution in [2.45, 2.75) is 81.9 Å². The third kappa shape index (κ3) is 13.3. The SMILES string of the molecule is C[C@H](N)C(=O)N[C@@H](CC(N)=O)C(=O)N[C@H](C(=O)N[C@@H](Cc1ccccc1)C(=O)N[C@@H](Cc1cnc[nH]1)C(=O)N[C@@H](CC(=O)O)C(=O)O)[C@@H](C)O. The molecule has 1 aromatic heterocycles. The molecule has 50 heavy (non-hydrogen) atoms. The van der Waals surface area contributed by atoms with Crippen molar-refractivity contribution in [3.63, 3.8) is 0 Å². The van der Waals surface area contributed by atoms with Gasteiger partial charge in [0, 0.05) is 24.7 Å². The summed E-state index contributed by atoms with van der Waals surface area (Å²) in [6, 6.07) is -0.935. The number of nitrogens with zero attached hydrogens (tertiary/aromatic N) is 1. The average Bonchev–Trinajstić information content (AvgIpc) is 3.55. The highest BCUT2D eigenvalue weighted by Crippen LogP contribution is 2.08. The summed E-state index contributed by atoms with van der Waals surface area (Å²) >= 11 is 0. The van der Waals surface area contributed by atoms with Crippen LogP contribution in [0.25, 0.3) is 0 Å². The molecule has 0 saturated heterocycles. The minimum atomic E-state index is -1.84. The largest absolute Gasteiger partial charge is 0.481 e. The van der Waals surface area contributed by atoms with Gasteiger partial charge in [-0.25, -0.2) is 9.78 Å². The van der Waals surface area contributed by atoms with E-state index in [2.05, 4.69) is 36.6 Å². The number of aromatic amines is 1. The Morgan fingerprint density at radius 3 is 1.78 bits per heavy atom. The molecule has 0 fully saturated rings. The maximum atomic E-state index is 13.8. The molecule has 0 aliphatic rings. The van der Waals surface area contributed by atoms with Gasteiger partial charge in [-0.3, -0.25) is 33.6 Å². The number of primary amides is 1. The van der Waals surface area contributed by atoms with Gasteiger partial charge in [0.15, 0.2) is 0 Å². The van der Waals surface area contributed by atoms with E-state index >= 15 is 0 Å². The zero-order chi connectivity index (χ0) is 37.5. The first-order valence-corrected chi connectivity index (χ1v) is 15.2. The smallest absolute Gasteiger partial charge is 0.326 e. The van der Waals surface area contributed by atoms with Crippen molar-refractivity contribution in [1.29, 1.82) is 0 Å². The van der Waals surface area contributed by atoms with Crippen molar-refractivity contribution >= 4 is 47.4 Å². The number of aliphatic hydroxyl groups excluding tert-OH is 1. The van der Waals surface area contributed by atoms with Crippen molar-refractivity contribution in [3.05, 3.63) is 54.1 Å². The lowest BCUT2D eigenvalue weighted by atomic mass is 10.0. The number of imidazole rings is 1. The molecule has 1 aromatic carbocycles. The molecule has 1 heterocycles. The van der Waals surface area contributed by atoms with E-state index in [0.717, 1.165) is 6.92 Å². The maximum Gasteiger partial charge on any atom is 0.326 e. The first-order valence-electron chi connectivity index (χ1n) is 15.2. The molecule has 2 aromatic rings. The van der Waals surface area contributed by atoms with E-state index in [0.29, 0.717) is 11.3 Å². The number of carboxylic acid groups (broad SMARTS) is 2. The van der Waals surface area contributed by atoms with Crippen LogP contribution >= 0.6 is 0 Å². The summed E-state index contributed by atoms with van der Waals surface area (Å²) in [6.07, 6.45) is -1.03. The first-order chi connectivity index (χ1) is 23.5. The third-order valence-electron chi connectivity index (χ3n) is 7.04. The summed E-state index contributed by atoms with van der Waals surface area (Å²) in [4.78, 5) is 107. The van der Waals surface area contributed by atoms with Crippen molar-refractivity contribution in [1.82, 2.24) is 36.6 Å². The van der Waals surface area contributed by atoms with Gasteiger partial charge in [0.1, 0.15) is 30.2 Å². The van der Waals surface area contributed by atoms with Gasteiger partial charge in [-0.2, -0.15) is 0 Å². The molecule has 20 heteroatoms. The van der Waals surface area contributed by atoms with Crippen LogP contribution in [0.2, 0.25) is 0 Å². The second-order valence-corrected chi connectivity index (χ2v) is 11.3. The molecule has 13 N–H and O–H groups in total. The quantitative estimate of drug-likeness (QED) is 0.0624. The second kappa shape index (κ2) is 19.2. The van der Waals surface area contributed by atoms with E-state index in [1.165, 1.54) is 19.4 Å². The van der Waals surface area contributed by atoms with Crippen LogP contribution in [0, 0.1) is 0 Å². The lowest BCUT2D eigenvalue weighted by molar-refractivity contribution is -0.147. The number of benzene rings is 1. The van der Waals surface area contributed by atoms with Crippen LogP contribution in [-0.4, -0.2) is 115 Å². The summed E-state index contributed by atoms with van der Waals surface area (Å²) in [5, 5.41) is 40.4. The van der Waals surface area contributed by atoms with Gasteiger partial charge >= 0.3 is 11.9 Å². The number of hydrogen-bond donors (Lipinski definition) is 11. The fraction of sp³-hybridized carbons (Fsp3) is 0.433. The molecule has 0 radical (unpaired) electrons. The molecule has 0 saturated carbocycles. The molecule has 0 unspecified atom stereocenters. The van der Waals surface area contributed by atoms with E-state index in [1.807, 2.05) is 0 Å². The maximum absolute atomic E-state index is 13.8. The topological polar surface area (TPSA) is 338 Å². The zero-order valence-corrected chi connectivity index (χ0v) is 27.1. The number of H-pyrrole nitrogens is 1. The number of carboxylic acids is 2. The standard InChI is InChI=1S/C30H41N9O11/c1-14(31)25(44)35-20(10-22(32)41)28(47)39-24(15(2)40)29(48)37-18(8-16-6-4-3-5-7-16)26(45)36-19(9-17-12-33-13-34-17)27(46)38-21(30(49)50)11-23(42)43/h3-7,12-15,18-21,24,40H,8-11,31H2,1-2H3,(H2,32,41)(H,33,34)(H,35,44)(H,36,45)(H,37,48)(H,38,46)(H,39,47)(H,42,43)(H,49,50)/t14-,15+,18-,19-,20-,21-,24-/m0/s1. The van der Waals surface area contributed by atoms with Crippen LogP contribution in [0.15, 0.2) is 42.9 Å². The van der Waals surface area contributed by atoms with Crippen molar-refractivity contribution in [3.8, 4) is 0 Å². The molecular formula is C30H41N9O11. The van der Waals surface area contributed by atoms with E-state index in [-0.39, 0.29) is 12.8 Å². The van der Waals surface area contributed by atoms with Crippen LogP contribution in [0.3, 0.4) is 0 Å². The molecule has 0 aliphatic heterocycles. The number of nitrogens with one attached hydrogen (secondary N) is 6. The Labute approximate surface area is 285 Å². The summed E-state index contributed by atoms with van der Waals surface area (Å²) in [5.74, 6) is -9.10. The fourth-order valence-electron chi connectivity index (χ4n) is 4.44. The van der Waals surface area contributed by atoms with Crippen LogP contribution in [0.4, 0.5) is 0 Å². The number of nitrogens with two attached hydrogens (primary N) is 2. The summed E-state index contributed by atoms with van der Waals surface area (Å²) in [7, 11) is 0. The van der Waals surface area contributed by atoms with Gasteiger partial charge in [0.2, 0.25) is 35.4 Å². The molecule has 0 bridgehead atoms. The van der Waals surface area contributed by atoms with Gasteiger partial charge in [0.05, 0.1) is 31.3 Å². The van der Waals surface area contributed by atoms with Crippen molar-refractivity contribution in [2.75, 3.05) is 0 Å². The Balaban J connectivity index is 2.38. The number of aliphatic carboxylic acids is 2. The number of aromatic nitrogens is 2. The van der Waals surface area contributed by atoms with E-state index in [1.54, 1.807) is 30.3 Å². The number of carbonyl (C=O) groups excluding carboxylic acids is 6. The molecule has 0 spiro atoms. The van der Waals surface area contributed by atoms with Crippen LogP contribution in [0.5, 0.6) is 0 Å². The van der Waals surface area contributed by atoms with Crippen molar-refractivity contribution < 1.29 is 53.7 Å². The monoisotopic (exact) mass is 703 g/mol. The minimum Gasteiger partial charge on any atom is -0.481 e. The van der Waals surface area contributed by atoms with E-state index < -0.39 is 103 Å². The lowest BCUT2D eigenvalue weighted by Gasteiger charge is -2.28. The van der Waals surface area contributed by atoms with Crippen LogP contribution < -0.4 is 38.1 Å². The lowest BCUT2D eigenvalue weighted by Crippen LogP contribution is -2.62.